The van der Waals surface area contributed by atoms with Crippen LogP contribution in [0.15, 0.2) is 371 Å². The van der Waals surface area contributed by atoms with Crippen molar-refractivity contribution in [2.24, 2.45) is 0 Å². The van der Waals surface area contributed by atoms with Crippen LogP contribution < -0.4 is 0 Å². The number of aromatic nitrogens is 11. The largest absolute Gasteiger partial charge is 0.264 e. The van der Waals surface area contributed by atoms with Crippen molar-refractivity contribution < 1.29 is 0 Å². The molecule has 0 spiro atoms. The van der Waals surface area contributed by atoms with Gasteiger partial charge in [-0.2, -0.15) is 0 Å². The van der Waals surface area contributed by atoms with Gasteiger partial charge in [0.2, 0.25) is 0 Å². The van der Waals surface area contributed by atoms with Gasteiger partial charge < -0.3 is 0 Å². The molecular weight excluding hydrogens is 1490 g/mol. The Morgan fingerprint density at radius 1 is 0.179 bits per heavy atom. The van der Waals surface area contributed by atoms with E-state index in [1.165, 1.54) is 76.7 Å². The first-order chi connectivity index (χ1) is 57.9. The fourth-order valence-corrected chi connectivity index (χ4v) is 19.5. The van der Waals surface area contributed by atoms with Crippen LogP contribution in [0.3, 0.4) is 0 Å². The van der Waals surface area contributed by atoms with Crippen LogP contribution in [0.25, 0.3) is 228 Å². The van der Waals surface area contributed by atoms with Crippen molar-refractivity contribution in [3.63, 3.8) is 0 Å². The van der Waals surface area contributed by atoms with Gasteiger partial charge in [-0.1, -0.05) is 249 Å². The van der Waals surface area contributed by atoms with Gasteiger partial charge in [-0.15, -0.1) is 34.0 Å². The number of thiophene rings is 3. The lowest BCUT2D eigenvalue weighted by Crippen LogP contribution is -2.02. The minimum atomic E-state index is 0.511. The zero-order chi connectivity index (χ0) is 77.3. The third kappa shape index (κ3) is 12.7. The van der Waals surface area contributed by atoms with Gasteiger partial charge in [-0.25, -0.2) is 44.9 Å². The summed E-state index contributed by atoms with van der Waals surface area (Å²) in [5.74, 6) is 2.96. The van der Waals surface area contributed by atoms with E-state index in [1.807, 2.05) is 102 Å². The van der Waals surface area contributed by atoms with E-state index in [2.05, 4.69) is 277 Å². The molecule has 0 saturated carbocycles. The Morgan fingerprint density at radius 2 is 0.496 bits per heavy atom. The average molecular weight is 1550 g/mol. The first-order valence-electron chi connectivity index (χ1n) is 38.6. The number of nitrogens with zero attached hydrogens (tertiary/aromatic N) is 11. The molecule has 10 aromatic heterocycles. The Hall–Kier alpha value is -14.9. The first-order valence-corrected chi connectivity index (χ1v) is 41.0. The molecule has 11 nitrogen and oxygen atoms in total. The molecule has 14 aromatic carbocycles. The molecule has 24 rings (SSSR count). The molecule has 0 saturated heterocycles. The van der Waals surface area contributed by atoms with Gasteiger partial charge in [-0.05, 0) is 129 Å². The van der Waals surface area contributed by atoms with Crippen LogP contribution in [0, 0.1) is 0 Å². The number of fused-ring (bicyclic) bond motifs is 18. The Morgan fingerprint density at radius 3 is 0.897 bits per heavy atom. The molecule has 0 bridgehead atoms. The highest BCUT2D eigenvalue weighted by Crippen LogP contribution is 2.45. The quantitative estimate of drug-likeness (QED) is 0.127. The number of hydrogen-bond acceptors (Lipinski definition) is 14. The van der Waals surface area contributed by atoms with E-state index in [1.54, 1.807) is 36.1 Å². The van der Waals surface area contributed by atoms with E-state index in [-0.39, 0.29) is 0 Å². The number of pyridine rings is 4. The molecule has 117 heavy (non-hydrogen) atoms. The van der Waals surface area contributed by atoms with Crippen molar-refractivity contribution in [1.29, 1.82) is 0 Å². The molecule has 0 N–H and O–H groups in total. The highest BCUT2D eigenvalue weighted by atomic mass is 32.1. The van der Waals surface area contributed by atoms with Gasteiger partial charge >= 0.3 is 0 Å². The Balaban J connectivity index is 0.000000106. The normalized spacial score (nSPS) is 11.6. The maximum atomic E-state index is 5.25. The molecular formula is C103H61N11S3. The smallest absolute Gasteiger partial charge is 0.183 e. The zero-order valence-corrected chi connectivity index (χ0v) is 64.8. The maximum Gasteiger partial charge on any atom is 0.183 e. The topological polar surface area (TPSA) is 142 Å². The van der Waals surface area contributed by atoms with Crippen LogP contribution >= 0.6 is 34.0 Å². The van der Waals surface area contributed by atoms with Gasteiger partial charge in [0.05, 0.1) is 33.8 Å². The molecule has 0 unspecified atom stereocenters. The van der Waals surface area contributed by atoms with Crippen LogP contribution in [0.2, 0.25) is 0 Å². The molecule has 24 aromatic rings. The average Bonchev–Trinajstić information content (AvgIpc) is 1.73. The summed E-state index contributed by atoms with van der Waals surface area (Å²) in [6.07, 6.45) is 6.99. The molecule has 0 aliphatic rings. The summed E-state index contributed by atoms with van der Waals surface area (Å²) in [6, 6.07) is 120. The van der Waals surface area contributed by atoms with E-state index in [4.69, 9.17) is 44.9 Å². The van der Waals surface area contributed by atoms with Crippen molar-refractivity contribution in [1.82, 2.24) is 54.8 Å². The Bertz CT molecular complexity index is 7080. The predicted molar refractivity (Wildman–Crippen MR) is 488 cm³/mol. The lowest BCUT2D eigenvalue weighted by atomic mass is 9.95. The fraction of sp³-hybridized carbons (Fsp3) is 0. The number of rotatable bonds is 9. The van der Waals surface area contributed by atoms with E-state index in [0.717, 1.165) is 128 Å². The molecule has 546 valence electrons. The van der Waals surface area contributed by atoms with Crippen LogP contribution in [0.5, 0.6) is 0 Å². The zero-order valence-electron chi connectivity index (χ0n) is 62.4. The molecule has 0 amide bonds. The summed E-state index contributed by atoms with van der Waals surface area (Å²) in [5, 5.41) is 19.1. The highest BCUT2D eigenvalue weighted by molar-refractivity contribution is 7.26. The molecule has 0 atom stereocenters. The van der Waals surface area contributed by atoms with Gasteiger partial charge in [0, 0.05) is 146 Å². The number of hydrogen-bond donors (Lipinski definition) is 0. The lowest BCUT2D eigenvalue weighted by molar-refractivity contribution is 1.06. The Labute approximate surface area is 682 Å². The van der Waals surface area contributed by atoms with Gasteiger partial charge in [0.1, 0.15) is 11.4 Å². The summed E-state index contributed by atoms with van der Waals surface area (Å²) in [7, 11) is 0. The maximum absolute atomic E-state index is 5.25. The van der Waals surface area contributed by atoms with Crippen molar-refractivity contribution in [2.75, 3.05) is 0 Å². The summed E-state index contributed by atoms with van der Waals surface area (Å²) in [4.78, 5) is 54.0. The number of benzene rings is 14. The van der Waals surface area contributed by atoms with Crippen LogP contribution in [-0.2, 0) is 0 Å². The monoisotopic (exact) mass is 1550 g/mol. The first kappa shape index (κ1) is 68.8. The molecule has 0 radical (unpaired) electrons. The van der Waals surface area contributed by atoms with Gasteiger partial charge in [0.15, 0.2) is 29.1 Å². The molecule has 14 heteroatoms. The van der Waals surface area contributed by atoms with Gasteiger partial charge in [-0.3, -0.25) is 9.97 Å². The third-order valence-corrected chi connectivity index (χ3v) is 25.0. The van der Waals surface area contributed by atoms with E-state index >= 15 is 0 Å². The molecule has 0 fully saturated rings. The van der Waals surface area contributed by atoms with E-state index < -0.39 is 0 Å². The third-order valence-electron chi connectivity index (χ3n) is 21.6. The summed E-state index contributed by atoms with van der Waals surface area (Å²) in [5.41, 5.74) is 13.9. The second kappa shape index (κ2) is 29.2. The SMILES string of the molecule is c1ccc(-c2cc(-c3ccccc3)nc(-c3cc4cc5sc6ccccc6c5cc4c4ccccc34)n2)cc1.c1ccc(-c2cc(-c3ccccc3)nc(-c3nc4cc5sc6ccccc6c5cc4c4ccccc34)n2)cc1.c1cncc(-c2nc(-c3cccnc3)nc(-c3nc4cc5sc6ccccc6c5cc4c4ccccc34)n2)c1. The molecule has 10 heterocycles. The lowest BCUT2D eigenvalue weighted by Gasteiger charge is -2.13. The standard InChI is InChI=1S/C36H22N2S.C35H21N3S.C32H18N6S/c1-3-11-23(12-4-1)32-22-33(24-13-5-2-6-14-24)38-36(37-32)31-19-25-20-35-30(28-17-9-10-18-34(28)39-35)21-29(25)26-15-7-8-16-27(26)31;1-3-11-22(12-4-1)29-20-30(23-13-5-2-6-14-23)38-35(37-29)34-26-17-8-7-15-24(26)27-19-28-25-16-9-10-18-32(25)39-33(28)21-31(27)36-34;1-2-11-23-21(9-1)24-15-25-22-10-3-4-12-27(22)39-28(25)16-26(24)35-29(23)32-37-30(19-7-5-13-33-17-19)36-31(38-32)20-8-6-14-34-18-20/h1-22H;1-21H;1-18H. The van der Waals surface area contributed by atoms with Crippen LogP contribution in [-0.4, -0.2) is 54.8 Å². The fourth-order valence-electron chi connectivity index (χ4n) is 16.1. The highest BCUT2D eigenvalue weighted by Gasteiger charge is 2.23. The van der Waals surface area contributed by atoms with Crippen LogP contribution in [0.1, 0.15) is 0 Å². The van der Waals surface area contributed by atoms with Crippen LogP contribution in [0.4, 0.5) is 0 Å². The minimum absolute atomic E-state index is 0.511. The summed E-state index contributed by atoms with van der Waals surface area (Å²) < 4.78 is 7.62. The molecule has 0 aliphatic carbocycles. The predicted octanol–water partition coefficient (Wildman–Crippen LogP) is 27.4. The second-order valence-corrected chi connectivity index (χ2v) is 32.0. The molecule has 0 aliphatic heterocycles. The van der Waals surface area contributed by atoms with Gasteiger partial charge in [0.25, 0.3) is 0 Å². The summed E-state index contributed by atoms with van der Waals surface area (Å²) in [6.45, 7) is 0. The Kier molecular flexibility index (Phi) is 17.2. The second-order valence-electron chi connectivity index (χ2n) is 28.8. The van der Waals surface area contributed by atoms with E-state index in [9.17, 15) is 0 Å². The summed E-state index contributed by atoms with van der Waals surface area (Å²) >= 11 is 5.45. The van der Waals surface area contributed by atoms with Crippen molar-refractivity contribution in [2.45, 2.75) is 0 Å². The van der Waals surface area contributed by atoms with Crippen molar-refractivity contribution in [3.8, 4) is 102 Å². The minimum Gasteiger partial charge on any atom is -0.264 e. The van der Waals surface area contributed by atoms with Crippen molar-refractivity contribution in [3.05, 3.63) is 371 Å². The van der Waals surface area contributed by atoms with Crippen molar-refractivity contribution >= 4 is 159 Å². The van der Waals surface area contributed by atoms with E-state index in [0.29, 0.717) is 23.3 Å².